The molecule has 0 amide bonds. The van der Waals surface area contributed by atoms with Crippen molar-refractivity contribution in [3.63, 3.8) is 0 Å². The zero-order valence-electron chi connectivity index (χ0n) is 11.6. The predicted octanol–water partition coefficient (Wildman–Crippen LogP) is 4.30. The Hall–Kier alpha value is -1.89. The van der Waals surface area contributed by atoms with Crippen LogP contribution in [-0.4, -0.2) is 5.78 Å². The molecule has 0 aliphatic carbocycles. The number of carbonyl (C=O) groups is 1. The van der Waals surface area contributed by atoms with Crippen LogP contribution in [0.25, 0.3) is 0 Å². The van der Waals surface area contributed by atoms with Gasteiger partial charge in [-0.3, -0.25) is 4.79 Å². The van der Waals surface area contributed by atoms with Gasteiger partial charge >= 0.3 is 0 Å². The van der Waals surface area contributed by atoms with Gasteiger partial charge in [0, 0.05) is 12.3 Å². The molecule has 0 fully saturated rings. The SMILES string of the molecule is Cc1ccc([C@H](C)C(=O)CCc2ccccc2)cc1. The minimum atomic E-state index is -0.00990. The van der Waals surface area contributed by atoms with Crippen molar-refractivity contribution < 1.29 is 4.79 Å². The number of Topliss-reactive ketones (excluding diaryl/α,β-unsaturated/α-hetero) is 1. The van der Waals surface area contributed by atoms with Crippen molar-refractivity contribution in [1.82, 2.24) is 0 Å². The highest BCUT2D eigenvalue weighted by molar-refractivity contribution is 5.85. The summed E-state index contributed by atoms with van der Waals surface area (Å²) in [5.41, 5.74) is 3.57. The van der Waals surface area contributed by atoms with Crippen molar-refractivity contribution in [3.8, 4) is 0 Å². The maximum atomic E-state index is 12.2. The highest BCUT2D eigenvalue weighted by Crippen LogP contribution is 2.19. The van der Waals surface area contributed by atoms with Crippen LogP contribution in [0.1, 0.15) is 36.0 Å². The Kier molecular flexibility index (Phi) is 4.51. The molecule has 0 aliphatic rings. The van der Waals surface area contributed by atoms with E-state index in [0.29, 0.717) is 12.2 Å². The number of carbonyl (C=O) groups excluding carboxylic acids is 1. The van der Waals surface area contributed by atoms with Crippen LogP contribution >= 0.6 is 0 Å². The molecule has 0 aliphatic heterocycles. The van der Waals surface area contributed by atoms with Crippen molar-refractivity contribution in [2.75, 3.05) is 0 Å². The number of ketones is 1. The van der Waals surface area contributed by atoms with Gasteiger partial charge in [0.15, 0.2) is 0 Å². The summed E-state index contributed by atoms with van der Waals surface area (Å²) in [6, 6.07) is 18.4. The number of rotatable bonds is 5. The van der Waals surface area contributed by atoms with Gasteiger partial charge in [-0.2, -0.15) is 0 Å². The fourth-order valence-electron chi connectivity index (χ4n) is 2.17. The van der Waals surface area contributed by atoms with E-state index < -0.39 is 0 Å². The van der Waals surface area contributed by atoms with E-state index in [1.165, 1.54) is 11.1 Å². The molecule has 0 saturated heterocycles. The largest absolute Gasteiger partial charge is 0.299 e. The minimum absolute atomic E-state index is 0.00990. The quantitative estimate of drug-likeness (QED) is 0.775. The first-order valence-electron chi connectivity index (χ1n) is 6.80. The predicted molar refractivity (Wildman–Crippen MR) is 79.4 cm³/mol. The Morgan fingerprint density at radius 2 is 1.63 bits per heavy atom. The molecule has 19 heavy (non-hydrogen) atoms. The summed E-state index contributed by atoms with van der Waals surface area (Å²) in [6.07, 6.45) is 1.44. The van der Waals surface area contributed by atoms with Crippen molar-refractivity contribution in [1.29, 1.82) is 0 Å². The fourth-order valence-corrected chi connectivity index (χ4v) is 2.17. The van der Waals surface area contributed by atoms with E-state index in [4.69, 9.17) is 0 Å². The zero-order chi connectivity index (χ0) is 13.7. The van der Waals surface area contributed by atoms with Crippen LogP contribution in [0.2, 0.25) is 0 Å². The molecular formula is C18H20O. The Morgan fingerprint density at radius 1 is 1.00 bits per heavy atom. The lowest BCUT2D eigenvalue weighted by Crippen LogP contribution is -2.10. The van der Waals surface area contributed by atoms with Gasteiger partial charge in [0.2, 0.25) is 0 Å². The molecule has 1 heteroatoms. The molecule has 0 spiro atoms. The molecule has 1 atom stereocenters. The van der Waals surface area contributed by atoms with E-state index in [9.17, 15) is 4.79 Å². The highest BCUT2D eigenvalue weighted by Gasteiger charge is 2.14. The molecule has 0 N–H and O–H groups in total. The molecule has 0 saturated carbocycles. The molecular weight excluding hydrogens is 232 g/mol. The van der Waals surface area contributed by atoms with Gasteiger partial charge in [0.25, 0.3) is 0 Å². The average Bonchev–Trinajstić information content (AvgIpc) is 2.46. The molecule has 98 valence electrons. The van der Waals surface area contributed by atoms with E-state index in [1.54, 1.807) is 0 Å². The first-order chi connectivity index (χ1) is 9.16. The van der Waals surface area contributed by atoms with Crippen LogP contribution in [0.15, 0.2) is 54.6 Å². The molecule has 0 radical (unpaired) electrons. The maximum absolute atomic E-state index is 12.2. The van der Waals surface area contributed by atoms with Crippen molar-refractivity contribution in [2.24, 2.45) is 0 Å². The summed E-state index contributed by atoms with van der Waals surface area (Å²) in [5.74, 6) is 0.303. The van der Waals surface area contributed by atoms with Crippen LogP contribution in [0.3, 0.4) is 0 Å². The summed E-state index contributed by atoms with van der Waals surface area (Å²) in [7, 11) is 0. The summed E-state index contributed by atoms with van der Waals surface area (Å²) >= 11 is 0. The third kappa shape index (κ3) is 3.78. The molecule has 1 nitrogen and oxygen atoms in total. The summed E-state index contributed by atoms with van der Waals surface area (Å²) in [6.45, 7) is 4.06. The second kappa shape index (κ2) is 6.33. The van der Waals surface area contributed by atoms with Crippen molar-refractivity contribution in [3.05, 3.63) is 71.3 Å². The van der Waals surface area contributed by atoms with Crippen LogP contribution in [0.4, 0.5) is 0 Å². The van der Waals surface area contributed by atoms with E-state index in [1.807, 2.05) is 25.1 Å². The van der Waals surface area contributed by atoms with Crippen LogP contribution in [0.5, 0.6) is 0 Å². The van der Waals surface area contributed by atoms with Gasteiger partial charge in [-0.25, -0.2) is 0 Å². The van der Waals surface area contributed by atoms with Gasteiger partial charge in [0.05, 0.1) is 0 Å². The first-order valence-corrected chi connectivity index (χ1v) is 6.80. The Labute approximate surface area is 115 Å². The lowest BCUT2D eigenvalue weighted by molar-refractivity contribution is -0.120. The van der Waals surface area contributed by atoms with Gasteiger partial charge in [0.1, 0.15) is 5.78 Å². The van der Waals surface area contributed by atoms with Crippen LogP contribution < -0.4 is 0 Å². The Bertz CT molecular complexity index is 525. The van der Waals surface area contributed by atoms with Crippen LogP contribution in [-0.2, 0) is 11.2 Å². The fraction of sp³-hybridized carbons (Fsp3) is 0.278. The number of benzene rings is 2. The van der Waals surface area contributed by atoms with E-state index in [2.05, 4.69) is 43.3 Å². The van der Waals surface area contributed by atoms with Crippen molar-refractivity contribution >= 4 is 5.78 Å². The van der Waals surface area contributed by atoms with Gasteiger partial charge in [-0.05, 0) is 24.5 Å². The molecule has 0 bridgehead atoms. The second-order valence-corrected chi connectivity index (χ2v) is 5.08. The minimum Gasteiger partial charge on any atom is -0.299 e. The summed E-state index contributed by atoms with van der Waals surface area (Å²) in [5, 5.41) is 0. The van der Waals surface area contributed by atoms with E-state index >= 15 is 0 Å². The maximum Gasteiger partial charge on any atom is 0.140 e. The van der Waals surface area contributed by atoms with Crippen LogP contribution in [0, 0.1) is 6.92 Å². The molecule has 2 aromatic carbocycles. The number of aryl methyl sites for hydroxylation is 2. The molecule has 2 rings (SSSR count). The van der Waals surface area contributed by atoms with E-state index in [0.717, 1.165) is 12.0 Å². The molecule has 0 unspecified atom stereocenters. The Morgan fingerprint density at radius 3 is 2.26 bits per heavy atom. The Balaban J connectivity index is 1.94. The molecule has 0 aromatic heterocycles. The third-order valence-electron chi connectivity index (χ3n) is 3.56. The second-order valence-electron chi connectivity index (χ2n) is 5.08. The van der Waals surface area contributed by atoms with Gasteiger partial charge in [-0.15, -0.1) is 0 Å². The summed E-state index contributed by atoms with van der Waals surface area (Å²) < 4.78 is 0. The molecule has 2 aromatic rings. The monoisotopic (exact) mass is 252 g/mol. The first kappa shape index (κ1) is 13.5. The lowest BCUT2D eigenvalue weighted by Gasteiger charge is -2.11. The zero-order valence-corrected chi connectivity index (χ0v) is 11.6. The van der Waals surface area contributed by atoms with Crippen molar-refractivity contribution in [2.45, 2.75) is 32.6 Å². The molecule has 0 heterocycles. The smallest absolute Gasteiger partial charge is 0.140 e. The van der Waals surface area contributed by atoms with Gasteiger partial charge in [-0.1, -0.05) is 67.1 Å². The standard InChI is InChI=1S/C18H20O/c1-14-8-11-17(12-9-14)15(2)18(19)13-10-16-6-4-3-5-7-16/h3-9,11-12,15H,10,13H2,1-2H3/t15-/m0/s1. The van der Waals surface area contributed by atoms with E-state index in [-0.39, 0.29) is 5.92 Å². The third-order valence-corrected chi connectivity index (χ3v) is 3.56. The number of hydrogen-bond donors (Lipinski definition) is 0. The number of hydrogen-bond acceptors (Lipinski definition) is 1. The topological polar surface area (TPSA) is 17.1 Å². The lowest BCUT2D eigenvalue weighted by atomic mass is 9.92. The van der Waals surface area contributed by atoms with Gasteiger partial charge < -0.3 is 0 Å². The summed E-state index contributed by atoms with van der Waals surface area (Å²) in [4.78, 5) is 12.2. The average molecular weight is 252 g/mol. The normalized spacial score (nSPS) is 12.1. The highest BCUT2D eigenvalue weighted by atomic mass is 16.1.